The molecule has 0 radical (unpaired) electrons. The number of hydrogen-bond acceptors (Lipinski definition) is 6. The summed E-state index contributed by atoms with van der Waals surface area (Å²) in [6, 6.07) is 0. The third kappa shape index (κ3) is 5.24. The van der Waals surface area contributed by atoms with Crippen molar-refractivity contribution in [1.82, 2.24) is 5.32 Å². The number of aliphatic imine (C=N–C) groups is 3. The van der Waals surface area contributed by atoms with Gasteiger partial charge in [0.25, 0.3) is 0 Å². The lowest BCUT2D eigenvalue weighted by Crippen LogP contribution is -2.12. The lowest BCUT2D eigenvalue weighted by Gasteiger charge is -2.12. The Morgan fingerprint density at radius 2 is 1.60 bits per heavy atom. The minimum absolute atomic E-state index is 0.00408. The molecule has 42 heavy (non-hydrogen) atoms. The first kappa shape index (κ1) is 28.9. The molecule has 3 atom stereocenters. The van der Waals surface area contributed by atoms with Gasteiger partial charge >= 0.3 is 11.9 Å². The van der Waals surface area contributed by atoms with Crippen LogP contribution in [0.2, 0.25) is 0 Å². The van der Waals surface area contributed by atoms with Gasteiger partial charge in [-0.3, -0.25) is 14.6 Å². The molecule has 5 aliphatic heterocycles. The van der Waals surface area contributed by atoms with Gasteiger partial charge in [-0.2, -0.15) is 0 Å². The quantitative estimate of drug-likeness (QED) is 0.295. The molecule has 8 nitrogen and oxygen atoms in total. The van der Waals surface area contributed by atoms with Crippen LogP contribution in [-0.4, -0.2) is 39.3 Å². The van der Waals surface area contributed by atoms with E-state index in [9.17, 15) is 19.8 Å². The predicted molar refractivity (Wildman–Crippen MR) is 166 cm³/mol. The van der Waals surface area contributed by atoms with Gasteiger partial charge in [0.15, 0.2) is 0 Å². The second-order valence-electron chi connectivity index (χ2n) is 11.2. The minimum Gasteiger partial charge on any atom is -0.481 e. The molecule has 0 saturated heterocycles. The number of fused-ring (bicyclic) bond motifs is 5. The smallest absolute Gasteiger partial charge is 0.303 e. The van der Waals surface area contributed by atoms with E-state index in [2.05, 4.69) is 32.3 Å². The van der Waals surface area contributed by atoms with Gasteiger partial charge in [-0.15, -0.1) is 6.58 Å². The standard InChI is InChI=1S/C34H36N4O4/c1-7-21-17(3)25-13-26-19(5)23(9-11-33(39)40)31(37-26)16-32-24(10-12-34(41)42)20(6)28(38-32)15-30-22(8-2)18(4)27(36-30)14-29(21)35-25/h7-8,13-17,20-21,38H,1-2,9-12H2,3-6H3,(H,39,40)(H,41,42)/t17-,20-,21-/m0/s1. The maximum atomic E-state index is 11.5. The normalized spacial score (nSPS) is 24.9. The van der Waals surface area contributed by atoms with E-state index in [1.807, 2.05) is 50.3 Å². The molecule has 8 heteroatoms. The second-order valence-corrected chi connectivity index (χ2v) is 11.2. The fourth-order valence-corrected chi connectivity index (χ4v) is 6.14. The summed E-state index contributed by atoms with van der Waals surface area (Å²) in [5.74, 6) is -1.76. The molecule has 0 aromatic carbocycles. The third-order valence-electron chi connectivity index (χ3n) is 8.71. The van der Waals surface area contributed by atoms with Crippen molar-refractivity contribution in [1.29, 1.82) is 0 Å². The summed E-state index contributed by atoms with van der Waals surface area (Å²) in [7, 11) is 0. The van der Waals surface area contributed by atoms with E-state index >= 15 is 0 Å². The molecule has 3 N–H and O–H groups in total. The van der Waals surface area contributed by atoms with Crippen LogP contribution in [0, 0.1) is 17.8 Å². The van der Waals surface area contributed by atoms with E-state index in [-0.39, 0.29) is 30.6 Å². The first-order valence-electron chi connectivity index (χ1n) is 14.3. The largest absolute Gasteiger partial charge is 0.481 e. The first-order valence-corrected chi connectivity index (χ1v) is 14.3. The van der Waals surface area contributed by atoms with Crippen LogP contribution in [0.25, 0.3) is 0 Å². The summed E-state index contributed by atoms with van der Waals surface area (Å²) in [6.07, 6.45) is 12.4. The molecule has 0 amide bonds. The van der Waals surface area contributed by atoms with Crippen molar-refractivity contribution in [2.24, 2.45) is 32.7 Å². The van der Waals surface area contributed by atoms with Crippen LogP contribution >= 0.6 is 0 Å². The molecule has 5 aliphatic rings. The molecule has 0 unspecified atom stereocenters. The van der Waals surface area contributed by atoms with Crippen molar-refractivity contribution in [2.75, 3.05) is 0 Å². The molecule has 0 saturated carbocycles. The van der Waals surface area contributed by atoms with E-state index in [1.165, 1.54) is 0 Å². The van der Waals surface area contributed by atoms with E-state index in [0.29, 0.717) is 18.5 Å². The molecule has 0 spiro atoms. The van der Waals surface area contributed by atoms with Crippen LogP contribution in [-0.2, 0) is 9.59 Å². The number of rotatable bonds is 8. The first-order chi connectivity index (χ1) is 20.0. The fourth-order valence-electron chi connectivity index (χ4n) is 6.14. The molecular weight excluding hydrogens is 528 g/mol. The predicted octanol–water partition coefficient (Wildman–Crippen LogP) is 6.38. The zero-order valence-electron chi connectivity index (χ0n) is 24.5. The highest BCUT2D eigenvalue weighted by molar-refractivity contribution is 6.16. The molecule has 8 bridgehead atoms. The van der Waals surface area contributed by atoms with Gasteiger partial charge < -0.3 is 15.5 Å². The lowest BCUT2D eigenvalue weighted by molar-refractivity contribution is -0.138. The maximum Gasteiger partial charge on any atom is 0.303 e. The van der Waals surface area contributed by atoms with Gasteiger partial charge in [0.05, 0.1) is 28.5 Å². The number of nitrogens with one attached hydrogen (secondary N) is 1. The number of carboxylic acids is 2. The van der Waals surface area contributed by atoms with Crippen molar-refractivity contribution in [3.05, 3.63) is 106 Å². The summed E-state index contributed by atoms with van der Waals surface area (Å²) in [6.45, 7) is 16.3. The van der Waals surface area contributed by atoms with E-state index in [1.54, 1.807) is 0 Å². The van der Waals surface area contributed by atoms with Crippen LogP contribution in [0.1, 0.15) is 53.4 Å². The van der Waals surface area contributed by atoms with Crippen LogP contribution < -0.4 is 5.32 Å². The summed E-state index contributed by atoms with van der Waals surface area (Å²) in [5.41, 5.74) is 11.1. The molecule has 5 heterocycles. The monoisotopic (exact) mass is 564 g/mol. The van der Waals surface area contributed by atoms with Crippen molar-refractivity contribution in [2.45, 2.75) is 53.4 Å². The Labute approximate surface area is 246 Å². The van der Waals surface area contributed by atoms with Crippen LogP contribution in [0.3, 0.4) is 0 Å². The molecule has 216 valence electrons. The van der Waals surface area contributed by atoms with E-state index in [4.69, 9.17) is 15.0 Å². The Hall–Kier alpha value is -4.59. The van der Waals surface area contributed by atoms with E-state index in [0.717, 1.165) is 67.8 Å². The highest BCUT2D eigenvalue weighted by Crippen LogP contribution is 2.40. The minimum atomic E-state index is -0.878. The highest BCUT2D eigenvalue weighted by atomic mass is 16.4. The van der Waals surface area contributed by atoms with Gasteiger partial charge in [0, 0.05) is 53.3 Å². The van der Waals surface area contributed by atoms with Crippen molar-refractivity contribution in [3.63, 3.8) is 0 Å². The number of nitrogens with zero attached hydrogens (tertiary/aromatic N) is 3. The average Bonchev–Trinajstić information content (AvgIpc) is 3.59. The molecule has 5 rings (SSSR count). The van der Waals surface area contributed by atoms with Crippen LogP contribution in [0.15, 0.2) is 121 Å². The van der Waals surface area contributed by atoms with Gasteiger partial charge in [-0.1, -0.05) is 32.6 Å². The molecule has 0 aliphatic carbocycles. The molecule has 0 aromatic heterocycles. The third-order valence-corrected chi connectivity index (χ3v) is 8.71. The number of carbonyl (C=O) groups is 2. The van der Waals surface area contributed by atoms with Crippen molar-refractivity contribution in [3.8, 4) is 0 Å². The maximum absolute atomic E-state index is 11.5. The summed E-state index contributed by atoms with van der Waals surface area (Å²) in [5, 5.41) is 22.4. The van der Waals surface area contributed by atoms with E-state index < -0.39 is 11.9 Å². The zero-order chi connectivity index (χ0) is 30.3. The van der Waals surface area contributed by atoms with Crippen molar-refractivity contribution < 1.29 is 19.8 Å². The Balaban J connectivity index is 1.75. The van der Waals surface area contributed by atoms with Crippen LogP contribution in [0.5, 0.6) is 0 Å². The Morgan fingerprint density at radius 3 is 2.26 bits per heavy atom. The Morgan fingerprint density at radius 1 is 0.905 bits per heavy atom. The fraction of sp³-hybridized carbons (Fsp3) is 0.324. The molecule has 0 aromatic rings. The van der Waals surface area contributed by atoms with Gasteiger partial charge in [0.1, 0.15) is 0 Å². The molecular formula is C34H36N4O4. The van der Waals surface area contributed by atoms with Crippen LogP contribution in [0.4, 0.5) is 0 Å². The number of hydrogen-bond donors (Lipinski definition) is 3. The summed E-state index contributed by atoms with van der Waals surface area (Å²) in [4.78, 5) is 38.0. The Bertz CT molecular complexity index is 1630. The number of carboxylic acid groups (broad SMARTS) is 2. The SMILES string of the molecule is C=CC1=C(C)C2=CC3=NC(=CC4=NC(=CC5=C(CCC(=O)O)[C@H](C)C(=CC1=N2)N5)C(CCC(=O)O)=C4C)[C@@H](C)[C@@H]3C=C. The Kier molecular flexibility index (Phi) is 7.82. The second kappa shape index (κ2) is 11.4. The number of allylic oxidation sites excluding steroid dienone is 12. The van der Waals surface area contributed by atoms with Gasteiger partial charge in [0.2, 0.25) is 0 Å². The topological polar surface area (TPSA) is 124 Å². The highest BCUT2D eigenvalue weighted by Gasteiger charge is 2.33. The summed E-state index contributed by atoms with van der Waals surface area (Å²) < 4.78 is 0. The van der Waals surface area contributed by atoms with Crippen molar-refractivity contribution >= 4 is 29.1 Å². The van der Waals surface area contributed by atoms with Gasteiger partial charge in [-0.25, -0.2) is 9.98 Å². The lowest BCUT2D eigenvalue weighted by atomic mass is 9.89. The number of aliphatic carboxylic acids is 2. The summed E-state index contributed by atoms with van der Waals surface area (Å²) >= 11 is 0. The zero-order valence-corrected chi connectivity index (χ0v) is 24.5. The average molecular weight is 565 g/mol. The van der Waals surface area contributed by atoms with Gasteiger partial charge in [-0.05, 0) is 73.3 Å². The molecule has 0 fully saturated rings.